The zero-order valence-corrected chi connectivity index (χ0v) is 9.67. The van der Waals surface area contributed by atoms with Crippen LogP contribution in [0.2, 0.25) is 0 Å². The standard InChI is InChI=1S/C11H17N3S/c12-9-2-1-4-14-10(9)6-13-11(14)8-3-5-15-7-8/h6,8-9H,1-5,7,12H2. The molecule has 0 amide bonds. The van der Waals surface area contributed by atoms with E-state index in [2.05, 4.69) is 9.55 Å². The molecule has 1 aromatic rings. The zero-order chi connectivity index (χ0) is 10.3. The first-order valence-electron chi connectivity index (χ1n) is 5.75. The Labute approximate surface area is 94.4 Å². The van der Waals surface area contributed by atoms with Gasteiger partial charge in [0.15, 0.2) is 0 Å². The maximum Gasteiger partial charge on any atom is 0.112 e. The van der Waals surface area contributed by atoms with Crippen LogP contribution in [-0.2, 0) is 6.54 Å². The van der Waals surface area contributed by atoms with Crippen LogP contribution in [0.4, 0.5) is 0 Å². The number of imidazole rings is 1. The van der Waals surface area contributed by atoms with Crippen molar-refractivity contribution in [2.24, 2.45) is 5.73 Å². The van der Waals surface area contributed by atoms with Gasteiger partial charge in [-0.2, -0.15) is 11.8 Å². The van der Waals surface area contributed by atoms with E-state index in [4.69, 9.17) is 5.73 Å². The maximum absolute atomic E-state index is 6.09. The van der Waals surface area contributed by atoms with Gasteiger partial charge in [-0.3, -0.25) is 0 Å². The van der Waals surface area contributed by atoms with Crippen LogP contribution in [0, 0.1) is 0 Å². The first kappa shape index (κ1) is 9.73. The Morgan fingerprint density at radius 1 is 1.47 bits per heavy atom. The number of nitrogens with two attached hydrogens (primary N) is 1. The molecule has 2 atom stereocenters. The van der Waals surface area contributed by atoms with Gasteiger partial charge in [-0.25, -0.2) is 4.98 Å². The Kier molecular flexibility index (Phi) is 2.48. The normalized spacial score (nSPS) is 30.5. The third kappa shape index (κ3) is 1.60. The number of nitrogens with zero attached hydrogens (tertiary/aromatic N) is 2. The van der Waals surface area contributed by atoms with Gasteiger partial charge < -0.3 is 10.3 Å². The monoisotopic (exact) mass is 223 g/mol. The first-order valence-corrected chi connectivity index (χ1v) is 6.90. The molecule has 1 aromatic heterocycles. The van der Waals surface area contributed by atoms with E-state index in [1.165, 1.54) is 35.9 Å². The molecular weight excluding hydrogens is 206 g/mol. The Morgan fingerprint density at radius 3 is 3.20 bits per heavy atom. The molecule has 0 aromatic carbocycles. The third-order valence-corrected chi connectivity index (χ3v) is 4.65. The van der Waals surface area contributed by atoms with Crippen LogP contribution in [0.1, 0.15) is 42.7 Å². The highest BCUT2D eigenvalue weighted by Gasteiger charge is 2.26. The molecule has 2 N–H and O–H groups in total. The first-order chi connectivity index (χ1) is 7.36. The van der Waals surface area contributed by atoms with Gasteiger partial charge in [-0.15, -0.1) is 0 Å². The van der Waals surface area contributed by atoms with E-state index in [-0.39, 0.29) is 6.04 Å². The third-order valence-electron chi connectivity index (χ3n) is 3.49. The van der Waals surface area contributed by atoms with Crippen molar-refractivity contribution >= 4 is 11.8 Å². The molecule has 4 heteroatoms. The van der Waals surface area contributed by atoms with Crippen molar-refractivity contribution in [2.75, 3.05) is 11.5 Å². The van der Waals surface area contributed by atoms with Crippen LogP contribution in [0.15, 0.2) is 6.20 Å². The summed E-state index contributed by atoms with van der Waals surface area (Å²) in [5.41, 5.74) is 7.35. The average molecular weight is 223 g/mol. The highest BCUT2D eigenvalue weighted by atomic mass is 32.2. The molecule has 0 bridgehead atoms. The van der Waals surface area contributed by atoms with Gasteiger partial charge in [0.25, 0.3) is 0 Å². The fourth-order valence-electron chi connectivity index (χ4n) is 2.62. The molecule has 0 aliphatic carbocycles. The largest absolute Gasteiger partial charge is 0.330 e. The van der Waals surface area contributed by atoms with Gasteiger partial charge in [0.05, 0.1) is 11.9 Å². The summed E-state index contributed by atoms with van der Waals surface area (Å²) >= 11 is 2.05. The number of hydrogen-bond acceptors (Lipinski definition) is 3. The van der Waals surface area contributed by atoms with Gasteiger partial charge in [-0.05, 0) is 25.0 Å². The Hall–Kier alpha value is -0.480. The minimum Gasteiger partial charge on any atom is -0.330 e. The molecule has 82 valence electrons. The van der Waals surface area contributed by atoms with Crippen molar-refractivity contribution in [3.63, 3.8) is 0 Å². The molecule has 3 heterocycles. The molecule has 0 spiro atoms. The molecule has 1 saturated heterocycles. The number of rotatable bonds is 1. The summed E-state index contributed by atoms with van der Waals surface area (Å²) in [5.74, 6) is 4.50. The predicted octanol–water partition coefficient (Wildman–Crippen LogP) is 1.90. The van der Waals surface area contributed by atoms with E-state index in [9.17, 15) is 0 Å². The molecule has 3 nitrogen and oxygen atoms in total. The molecule has 1 fully saturated rings. The van der Waals surface area contributed by atoms with Crippen LogP contribution in [-0.4, -0.2) is 21.1 Å². The minimum atomic E-state index is 0.217. The highest BCUT2D eigenvalue weighted by Crippen LogP contribution is 2.34. The summed E-state index contributed by atoms with van der Waals surface area (Å²) in [6.07, 6.45) is 5.61. The van der Waals surface area contributed by atoms with Crippen molar-refractivity contribution in [2.45, 2.75) is 37.8 Å². The van der Waals surface area contributed by atoms with Crippen molar-refractivity contribution in [1.29, 1.82) is 0 Å². The van der Waals surface area contributed by atoms with Gasteiger partial charge in [-0.1, -0.05) is 0 Å². The molecule has 2 aliphatic heterocycles. The molecule has 0 saturated carbocycles. The van der Waals surface area contributed by atoms with Crippen LogP contribution < -0.4 is 5.73 Å². The second kappa shape index (κ2) is 3.83. The van der Waals surface area contributed by atoms with Crippen molar-refractivity contribution in [3.05, 3.63) is 17.7 Å². The Balaban J connectivity index is 1.95. The molecule has 2 aliphatic rings. The zero-order valence-electron chi connectivity index (χ0n) is 8.85. The van der Waals surface area contributed by atoms with Gasteiger partial charge >= 0.3 is 0 Å². The lowest BCUT2D eigenvalue weighted by molar-refractivity contribution is 0.444. The number of hydrogen-bond donors (Lipinski definition) is 1. The highest BCUT2D eigenvalue weighted by molar-refractivity contribution is 7.99. The lowest BCUT2D eigenvalue weighted by atomic mass is 10.0. The van der Waals surface area contributed by atoms with E-state index in [0.717, 1.165) is 13.0 Å². The molecule has 0 radical (unpaired) electrons. The quantitative estimate of drug-likeness (QED) is 0.791. The fraction of sp³-hybridized carbons (Fsp3) is 0.727. The lowest BCUT2D eigenvalue weighted by Crippen LogP contribution is -2.23. The predicted molar refractivity (Wildman–Crippen MR) is 63.1 cm³/mol. The van der Waals surface area contributed by atoms with Crippen LogP contribution in [0.25, 0.3) is 0 Å². The molecule has 15 heavy (non-hydrogen) atoms. The summed E-state index contributed by atoms with van der Waals surface area (Å²) in [6.45, 7) is 1.12. The Bertz CT molecular complexity index is 355. The van der Waals surface area contributed by atoms with Crippen LogP contribution in [0.3, 0.4) is 0 Å². The number of thioether (sulfide) groups is 1. The van der Waals surface area contributed by atoms with Crippen LogP contribution in [0.5, 0.6) is 0 Å². The maximum atomic E-state index is 6.09. The van der Waals surface area contributed by atoms with Gasteiger partial charge in [0.2, 0.25) is 0 Å². The number of aromatic nitrogens is 2. The lowest BCUT2D eigenvalue weighted by Gasteiger charge is -2.23. The average Bonchev–Trinajstić information content (AvgIpc) is 2.85. The summed E-state index contributed by atoms with van der Waals surface area (Å²) in [7, 11) is 0. The SMILES string of the molecule is NC1CCCn2c1cnc2C1CCSC1. The topological polar surface area (TPSA) is 43.8 Å². The second-order valence-electron chi connectivity index (χ2n) is 4.50. The summed E-state index contributed by atoms with van der Waals surface area (Å²) < 4.78 is 2.38. The van der Waals surface area contributed by atoms with E-state index >= 15 is 0 Å². The smallest absolute Gasteiger partial charge is 0.112 e. The fourth-order valence-corrected chi connectivity index (χ4v) is 3.84. The van der Waals surface area contributed by atoms with E-state index in [1.54, 1.807) is 0 Å². The summed E-state index contributed by atoms with van der Waals surface area (Å²) in [4.78, 5) is 4.60. The van der Waals surface area contributed by atoms with Gasteiger partial charge in [0, 0.05) is 24.3 Å². The van der Waals surface area contributed by atoms with Crippen LogP contribution >= 0.6 is 11.8 Å². The van der Waals surface area contributed by atoms with E-state index < -0.39 is 0 Å². The molecular formula is C11H17N3S. The van der Waals surface area contributed by atoms with Gasteiger partial charge in [0.1, 0.15) is 5.82 Å². The van der Waals surface area contributed by atoms with E-state index in [1.807, 2.05) is 18.0 Å². The second-order valence-corrected chi connectivity index (χ2v) is 5.65. The Morgan fingerprint density at radius 2 is 2.40 bits per heavy atom. The van der Waals surface area contributed by atoms with Crippen molar-refractivity contribution < 1.29 is 0 Å². The number of fused-ring (bicyclic) bond motifs is 1. The molecule has 2 unspecified atom stereocenters. The van der Waals surface area contributed by atoms with E-state index in [0.29, 0.717) is 5.92 Å². The molecule has 3 rings (SSSR count). The summed E-state index contributed by atoms with van der Waals surface area (Å²) in [6, 6.07) is 0.217. The van der Waals surface area contributed by atoms with Crippen molar-refractivity contribution in [1.82, 2.24) is 9.55 Å². The summed E-state index contributed by atoms with van der Waals surface area (Å²) in [5, 5.41) is 0. The van der Waals surface area contributed by atoms with Crippen molar-refractivity contribution in [3.8, 4) is 0 Å². The minimum absolute atomic E-state index is 0.217.